The Labute approximate surface area is 260 Å². The number of rotatable bonds is 31. The number of carbonyl (C=O) groups is 2. The van der Waals surface area contributed by atoms with E-state index in [1.54, 1.807) is 0 Å². The highest BCUT2D eigenvalue weighted by Crippen LogP contribution is 2.15. The molecule has 1 atom stereocenters. The van der Waals surface area contributed by atoms with Crippen molar-refractivity contribution in [1.82, 2.24) is 0 Å². The summed E-state index contributed by atoms with van der Waals surface area (Å²) in [6, 6.07) is 0. The Morgan fingerprint density at radius 3 is 1.55 bits per heavy atom. The Morgan fingerprint density at radius 2 is 1.00 bits per heavy atom. The molecule has 0 aromatic rings. The zero-order valence-electron chi connectivity index (χ0n) is 27.5. The zero-order chi connectivity index (χ0) is 30.8. The molecule has 0 heterocycles. The van der Waals surface area contributed by atoms with E-state index < -0.39 is 5.97 Å². The average Bonchev–Trinajstić information content (AvgIpc) is 2.97. The van der Waals surface area contributed by atoms with Crippen molar-refractivity contribution in [1.29, 1.82) is 0 Å². The number of carbonyl (C=O) groups excluding carboxylic acids is 1. The number of hydrogen-bond donors (Lipinski definition) is 1. The van der Waals surface area contributed by atoms with E-state index in [4.69, 9.17) is 9.84 Å². The van der Waals surface area contributed by atoms with Crippen molar-refractivity contribution in [3.63, 3.8) is 0 Å². The number of carboxylic acids is 1. The second-order valence-electron chi connectivity index (χ2n) is 11.7. The Morgan fingerprint density at radius 1 is 0.548 bits per heavy atom. The summed E-state index contributed by atoms with van der Waals surface area (Å²) in [5.74, 6) is -0.819. The number of allylic oxidation sites excluding steroid dienone is 7. The molecular weight excluding hydrogens is 520 g/mol. The largest absolute Gasteiger partial charge is 0.481 e. The van der Waals surface area contributed by atoms with E-state index in [0.29, 0.717) is 12.8 Å². The van der Waals surface area contributed by atoms with Crippen LogP contribution in [0.3, 0.4) is 0 Å². The normalized spacial score (nSPS) is 12.8. The van der Waals surface area contributed by atoms with E-state index >= 15 is 0 Å². The van der Waals surface area contributed by atoms with Crippen molar-refractivity contribution in [2.45, 2.75) is 180 Å². The predicted molar refractivity (Wildman–Crippen MR) is 181 cm³/mol. The lowest BCUT2D eigenvalue weighted by Gasteiger charge is -2.14. The van der Waals surface area contributed by atoms with Crippen molar-refractivity contribution >= 4 is 11.9 Å². The highest BCUT2D eigenvalue weighted by atomic mass is 16.5. The van der Waals surface area contributed by atoms with Crippen LogP contribution in [0.15, 0.2) is 48.6 Å². The van der Waals surface area contributed by atoms with Crippen molar-refractivity contribution in [2.24, 2.45) is 0 Å². The molecule has 0 aromatic carbocycles. The first-order chi connectivity index (χ1) is 20.6. The molecule has 4 heteroatoms. The lowest BCUT2D eigenvalue weighted by atomic mass is 10.1. The van der Waals surface area contributed by atoms with Crippen molar-refractivity contribution < 1.29 is 19.4 Å². The molecule has 0 radical (unpaired) electrons. The van der Waals surface area contributed by atoms with Gasteiger partial charge in [-0.05, 0) is 83.1 Å². The van der Waals surface area contributed by atoms with Crippen LogP contribution >= 0.6 is 0 Å². The number of hydrogen-bond acceptors (Lipinski definition) is 3. The third-order valence-electron chi connectivity index (χ3n) is 7.51. The molecule has 0 aliphatic heterocycles. The minimum absolute atomic E-state index is 0.0896. The Hall–Kier alpha value is -2.10. The molecule has 0 aliphatic rings. The molecule has 0 bridgehead atoms. The number of ether oxygens (including phenoxy) is 1. The first-order valence-electron chi connectivity index (χ1n) is 17.6. The number of esters is 1. The number of unbranched alkanes of at least 4 members (excludes halogenated alkanes) is 16. The van der Waals surface area contributed by atoms with Gasteiger partial charge in [0.25, 0.3) is 0 Å². The maximum atomic E-state index is 12.5. The van der Waals surface area contributed by atoms with E-state index in [-0.39, 0.29) is 18.5 Å². The van der Waals surface area contributed by atoms with Gasteiger partial charge >= 0.3 is 11.9 Å². The molecule has 1 unspecified atom stereocenters. The molecule has 0 saturated carbocycles. The van der Waals surface area contributed by atoms with Gasteiger partial charge in [-0.2, -0.15) is 0 Å². The summed E-state index contributed by atoms with van der Waals surface area (Å²) in [4.78, 5) is 23.2. The van der Waals surface area contributed by atoms with Crippen LogP contribution in [0.5, 0.6) is 0 Å². The minimum atomic E-state index is -0.729. The van der Waals surface area contributed by atoms with Crippen LogP contribution < -0.4 is 0 Å². The van der Waals surface area contributed by atoms with E-state index in [0.717, 1.165) is 57.8 Å². The number of aliphatic carboxylic acids is 1. The van der Waals surface area contributed by atoms with Crippen LogP contribution in [0.2, 0.25) is 0 Å². The van der Waals surface area contributed by atoms with Crippen LogP contribution in [0.25, 0.3) is 0 Å². The third kappa shape index (κ3) is 32.4. The topological polar surface area (TPSA) is 63.6 Å². The molecule has 0 saturated heterocycles. The van der Waals surface area contributed by atoms with Crippen LogP contribution in [0.4, 0.5) is 0 Å². The van der Waals surface area contributed by atoms with Gasteiger partial charge in [-0.3, -0.25) is 9.59 Å². The van der Waals surface area contributed by atoms with Crippen molar-refractivity contribution in [3.8, 4) is 0 Å². The van der Waals surface area contributed by atoms with Crippen molar-refractivity contribution in [3.05, 3.63) is 48.6 Å². The molecule has 0 fully saturated rings. The fraction of sp³-hybridized carbons (Fsp3) is 0.737. The van der Waals surface area contributed by atoms with Crippen LogP contribution in [-0.2, 0) is 14.3 Å². The van der Waals surface area contributed by atoms with Crippen LogP contribution in [0.1, 0.15) is 174 Å². The molecule has 0 spiro atoms. The summed E-state index contributed by atoms with van der Waals surface area (Å²) in [5, 5.41) is 8.80. The van der Waals surface area contributed by atoms with E-state index in [1.165, 1.54) is 83.5 Å². The first-order valence-corrected chi connectivity index (χ1v) is 17.6. The van der Waals surface area contributed by atoms with Gasteiger partial charge in [0.2, 0.25) is 0 Å². The average molecular weight is 587 g/mol. The fourth-order valence-electron chi connectivity index (χ4n) is 4.87. The fourth-order valence-corrected chi connectivity index (χ4v) is 4.87. The Balaban J connectivity index is 4.03. The SMILES string of the molecule is CCCCC/C=C\C/C=C\CCCCCCCCCC(=O)OC(/C=C\C/C=C\CCCCC)CCCCCCC(=O)O. The summed E-state index contributed by atoms with van der Waals surface area (Å²) in [6.45, 7) is 4.47. The minimum Gasteiger partial charge on any atom is -0.481 e. The van der Waals surface area contributed by atoms with Gasteiger partial charge in [0.05, 0.1) is 0 Å². The second-order valence-corrected chi connectivity index (χ2v) is 11.7. The highest BCUT2D eigenvalue weighted by molar-refractivity contribution is 5.69. The standard InChI is InChI=1S/C38H66O4/c1-3-5-7-9-11-13-14-15-16-17-18-19-20-21-23-25-31-35-38(41)42-36(33-29-26-27-30-34-37(39)40)32-28-24-22-12-10-8-6-4-2/h11-13,15-16,22,28,32,36H,3-10,14,17-21,23-27,29-31,33-35H2,1-2H3,(H,39,40)/b13-11-,16-15-,22-12-,32-28-. The summed E-state index contributed by atoms with van der Waals surface area (Å²) in [7, 11) is 0. The molecule has 4 nitrogen and oxygen atoms in total. The highest BCUT2D eigenvalue weighted by Gasteiger charge is 2.11. The summed E-state index contributed by atoms with van der Waals surface area (Å²) < 4.78 is 5.83. The van der Waals surface area contributed by atoms with Gasteiger partial charge in [0, 0.05) is 12.8 Å². The predicted octanol–water partition coefficient (Wildman–Crippen LogP) is 12.0. The lowest BCUT2D eigenvalue weighted by molar-refractivity contribution is -0.147. The molecule has 42 heavy (non-hydrogen) atoms. The van der Waals surface area contributed by atoms with E-state index in [2.05, 4.69) is 56.4 Å². The van der Waals surface area contributed by atoms with Crippen molar-refractivity contribution in [2.75, 3.05) is 0 Å². The summed E-state index contributed by atoms with van der Waals surface area (Å²) in [6.07, 6.45) is 44.2. The van der Waals surface area contributed by atoms with Crippen LogP contribution in [-0.4, -0.2) is 23.1 Å². The van der Waals surface area contributed by atoms with E-state index in [9.17, 15) is 9.59 Å². The molecule has 0 amide bonds. The monoisotopic (exact) mass is 586 g/mol. The molecule has 242 valence electrons. The van der Waals surface area contributed by atoms with Gasteiger partial charge < -0.3 is 9.84 Å². The molecule has 1 N–H and O–H groups in total. The van der Waals surface area contributed by atoms with Gasteiger partial charge in [-0.15, -0.1) is 0 Å². The van der Waals surface area contributed by atoms with Gasteiger partial charge in [0.15, 0.2) is 0 Å². The third-order valence-corrected chi connectivity index (χ3v) is 7.51. The first kappa shape index (κ1) is 39.9. The van der Waals surface area contributed by atoms with E-state index in [1.807, 2.05) is 6.08 Å². The Bertz CT molecular complexity index is 719. The molecule has 0 aromatic heterocycles. The zero-order valence-corrected chi connectivity index (χ0v) is 27.5. The second kappa shape index (κ2) is 33.4. The summed E-state index contributed by atoms with van der Waals surface area (Å²) >= 11 is 0. The van der Waals surface area contributed by atoms with Gasteiger partial charge in [-0.1, -0.05) is 127 Å². The smallest absolute Gasteiger partial charge is 0.306 e. The number of carboxylic acid groups (broad SMARTS) is 1. The van der Waals surface area contributed by atoms with Gasteiger partial charge in [0.1, 0.15) is 6.10 Å². The summed E-state index contributed by atoms with van der Waals surface area (Å²) in [5.41, 5.74) is 0. The maximum Gasteiger partial charge on any atom is 0.306 e. The lowest BCUT2D eigenvalue weighted by Crippen LogP contribution is -2.16. The molecule has 0 rings (SSSR count). The maximum absolute atomic E-state index is 12.5. The molecular formula is C38H66O4. The molecule has 0 aliphatic carbocycles. The quantitative estimate of drug-likeness (QED) is 0.0498. The van der Waals surface area contributed by atoms with Gasteiger partial charge in [-0.25, -0.2) is 0 Å². The Kier molecular flexibility index (Phi) is 31.7. The van der Waals surface area contributed by atoms with Crippen LogP contribution in [0, 0.1) is 0 Å².